The summed E-state index contributed by atoms with van der Waals surface area (Å²) in [4.78, 5) is 37.3. The van der Waals surface area contributed by atoms with Crippen molar-refractivity contribution in [2.45, 2.75) is 97.9 Å². The zero-order valence-electron chi connectivity index (χ0n) is 25.6. The smallest absolute Gasteiger partial charge is 0.329 e. The first-order valence-corrected chi connectivity index (χ1v) is 14.0. The number of carbonyl (C=O) groups excluding carboxylic acids is 3. The molecule has 0 saturated carbocycles. The second-order valence-electron chi connectivity index (χ2n) is 12.2. The number of esters is 1. The number of rotatable bonds is 17. The Balaban J connectivity index is 2.43. The van der Waals surface area contributed by atoms with Crippen LogP contribution >= 0.6 is 0 Å². The van der Waals surface area contributed by atoms with Crippen LogP contribution in [0, 0.1) is 5.92 Å². The van der Waals surface area contributed by atoms with Gasteiger partial charge in [-0.3, -0.25) is 9.59 Å². The van der Waals surface area contributed by atoms with Crippen LogP contribution in [0.25, 0.3) is 0 Å². The highest BCUT2D eigenvalue weighted by atomic mass is 16.6. The number of hydrogen-bond acceptors (Lipinski definition) is 8. The van der Waals surface area contributed by atoms with Crippen LogP contribution in [0.2, 0.25) is 0 Å². The first-order valence-electron chi connectivity index (χ1n) is 14.0. The summed E-state index contributed by atoms with van der Waals surface area (Å²) >= 11 is 0. The molecule has 10 heteroatoms. The highest BCUT2D eigenvalue weighted by Gasteiger charge is 2.27. The molecule has 1 aromatic rings. The fraction of sp³-hybridized carbons (Fsp3) is 0.700. The first-order chi connectivity index (χ1) is 18.6. The minimum absolute atomic E-state index is 0.0848. The molecule has 0 spiro atoms. The standard InChI is InChI=1S/C30H51N3O7/c1-21(2)19-24(31)27(35)32-14-16-38-18-17-37-15-13-26(34)33-25(28(36)40-30(6,7)8)20-22-9-11-23(12-10-22)39-29(3,4)5/h9-12,21,24-25H,13-20,31H2,1-8H3,(H,32,35)(H,33,34)/t24-,25-/m0/s1. The van der Waals surface area contributed by atoms with Crippen LogP contribution in [0.5, 0.6) is 5.75 Å². The van der Waals surface area contributed by atoms with E-state index >= 15 is 0 Å². The molecule has 40 heavy (non-hydrogen) atoms. The zero-order chi connectivity index (χ0) is 30.3. The summed E-state index contributed by atoms with van der Waals surface area (Å²) in [6, 6.07) is 6.09. The molecule has 2 amide bonds. The van der Waals surface area contributed by atoms with Gasteiger partial charge in [0.2, 0.25) is 11.8 Å². The average Bonchev–Trinajstić information content (AvgIpc) is 2.81. The molecule has 0 aliphatic carbocycles. The second kappa shape index (κ2) is 17.2. The van der Waals surface area contributed by atoms with Crippen molar-refractivity contribution in [3.63, 3.8) is 0 Å². The van der Waals surface area contributed by atoms with Gasteiger partial charge in [0.25, 0.3) is 0 Å². The van der Waals surface area contributed by atoms with E-state index in [0.29, 0.717) is 38.7 Å². The molecule has 0 unspecified atom stereocenters. The van der Waals surface area contributed by atoms with Crippen molar-refractivity contribution in [3.8, 4) is 5.75 Å². The lowest BCUT2D eigenvalue weighted by atomic mass is 10.0. The van der Waals surface area contributed by atoms with Crippen molar-refractivity contribution in [2.75, 3.05) is 33.0 Å². The predicted molar refractivity (Wildman–Crippen MR) is 155 cm³/mol. The first kappa shape index (κ1) is 35.3. The topological polar surface area (TPSA) is 138 Å². The monoisotopic (exact) mass is 565 g/mol. The van der Waals surface area contributed by atoms with Crippen molar-refractivity contribution >= 4 is 17.8 Å². The van der Waals surface area contributed by atoms with Gasteiger partial charge in [0.1, 0.15) is 23.0 Å². The van der Waals surface area contributed by atoms with E-state index in [1.807, 2.05) is 58.9 Å². The van der Waals surface area contributed by atoms with Gasteiger partial charge >= 0.3 is 5.97 Å². The third-order valence-electron chi connectivity index (χ3n) is 5.27. The molecule has 0 heterocycles. The zero-order valence-corrected chi connectivity index (χ0v) is 25.6. The van der Waals surface area contributed by atoms with E-state index in [1.54, 1.807) is 20.8 Å². The molecule has 0 saturated heterocycles. The second-order valence-corrected chi connectivity index (χ2v) is 12.2. The fourth-order valence-electron chi connectivity index (χ4n) is 3.59. The fourth-order valence-corrected chi connectivity index (χ4v) is 3.59. The Kier molecular flexibility index (Phi) is 15.2. The van der Waals surface area contributed by atoms with Gasteiger partial charge < -0.3 is 35.3 Å². The van der Waals surface area contributed by atoms with Crippen LogP contribution in [0.3, 0.4) is 0 Å². The Bertz CT molecular complexity index is 905. The lowest BCUT2D eigenvalue weighted by molar-refractivity contribution is -0.158. The number of ether oxygens (including phenoxy) is 4. The van der Waals surface area contributed by atoms with Gasteiger partial charge in [-0.15, -0.1) is 0 Å². The largest absolute Gasteiger partial charge is 0.488 e. The van der Waals surface area contributed by atoms with E-state index < -0.39 is 23.7 Å². The van der Waals surface area contributed by atoms with Crippen molar-refractivity contribution in [2.24, 2.45) is 11.7 Å². The molecule has 228 valence electrons. The summed E-state index contributed by atoms with van der Waals surface area (Å²) in [5, 5.41) is 5.53. The maximum Gasteiger partial charge on any atom is 0.329 e. The van der Waals surface area contributed by atoms with Crippen LogP contribution in [0.1, 0.15) is 73.8 Å². The number of amides is 2. The number of carbonyl (C=O) groups is 3. The molecular weight excluding hydrogens is 514 g/mol. The third-order valence-corrected chi connectivity index (χ3v) is 5.27. The number of benzene rings is 1. The minimum Gasteiger partial charge on any atom is -0.488 e. The summed E-state index contributed by atoms with van der Waals surface area (Å²) in [7, 11) is 0. The molecule has 0 bridgehead atoms. The van der Waals surface area contributed by atoms with Crippen LogP contribution in [-0.4, -0.2) is 74.0 Å². The number of nitrogens with two attached hydrogens (primary N) is 1. The molecule has 10 nitrogen and oxygen atoms in total. The Morgan fingerprint density at radius 3 is 2.02 bits per heavy atom. The van der Waals surface area contributed by atoms with Crippen LogP contribution in [0.4, 0.5) is 0 Å². The Morgan fingerprint density at radius 1 is 0.875 bits per heavy atom. The van der Waals surface area contributed by atoms with Gasteiger partial charge in [-0.2, -0.15) is 0 Å². The predicted octanol–water partition coefficient (Wildman–Crippen LogP) is 3.15. The maximum atomic E-state index is 12.8. The third kappa shape index (κ3) is 17.1. The summed E-state index contributed by atoms with van der Waals surface area (Å²) in [6.45, 7) is 16.8. The summed E-state index contributed by atoms with van der Waals surface area (Å²) in [5.41, 5.74) is 5.70. The number of nitrogens with one attached hydrogen (secondary N) is 2. The van der Waals surface area contributed by atoms with E-state index in [1.165, 1.54) is 0 Å². The van der Waals surface area contributed by atoms with E-state index in [0.717, 1.165) is 11.3 Å². The molecule has 0 radical (unpaired) electrons. The van der Waals surface area contributed by atoms with Crippen molar-refractivity contribution in [1.82, 2.24) is 10.6 Å². The number of hydrogen-bond donors (Lipinski definition) is 3. The SMILES string of the molecule is CC(C)C[C@H](N)C(=O)NCCOCCOCCC(=O)N[C@@H](Cc1ccc(OC(C)(C)C)cc1)C(=O)OC(C)(C)C. The molecule has 4 N–H and O–H groups in total. The van der Waals surface area contributed by atoms with Crippen LogP contribution < -0.4 is 21.1 Å². The average molecular weight is 566 g/mol. The van der Waals surface area contributed by atoms with Crippen LogP contribution in [0.15, 0.2) is 24.3 Å². The van der Waals surface area contributed by atoms with Crippen LogP contribution in [-0.2, 0) is 35.0 Å². The van der Waals surface area contributed by atoms with Crippen molar-refractivity contribution < 1.29 is 33.3 Å². The molecule has 1 rings (SSSR count). The van der Waals surface area contributed by atoms with Gasteiger partial charge in [-0.05, 0) is 71.6 Å². The Hall–Kier alpha value is -2.69. The van der Waals surface area contributed by atoms with E-state index in [9.17, 15) is 14.4 Å². The summed E-state index contributed by atoms with van der Waals surface area (Å²) < 4.78 is 22.3. The lowest BCUT2D eigenvalue weighted by Gasteiger charge is -2.25. The molecule has 0 aliphatic heterocycles. The van der Waals surface area contributed by atoms with Gasteiger partial charge in [0, 0.05) is 19.4 Å². The van der Waals surface area contributed by atoms with Gasteiger partial charge in [0.05, 0.1) is 32.5 Å². The van der Waals surface area contributed by atoms with E-state index in [4.69, 9.17) is 24.7 Å². The van der Waals surface area contributed by atoms with Gasteiger partial charge in [-0.25, -0.2) is 4.79 Å². The highest BCUT2D eigenvalue weighted by Crippen LogP contribution is 2.20. The molecule has 1 aromatic carbocycles. The molecule has 0 aliphatic rings. The lowest BCUT2D eigenvalue weighted by Crippen LogP contribution is -2.45. The minimum atomic E-state index is -0.840. The maximum absolute atomic E-state index is 12.8. The van der Waals surface area contributed by atoms with Crippen molar-refractivity contribution in [3.05, 3.63) is 29.8 Å². The quantitative estimate of drug-likeness (QED) is 0.193. The molecule has 0 fully saturated rings. The Morgan fingerprint density at radius 2 is 1.48 bits per heavy atom. The summed E-state index contributed by atoms with van der Waals surface area (Å²) in [5.74, 6) is 0.0830. The van der Waals surface area contributed by atoms with E-state index in [-0.39, 0.29) is 36.9 Å². The normalized spacial score (nSPS) is 13.4. The van der Waals surface area contributed by atoms with Gasteiger partial charge in [0.15, 0.2) is 0 Å². The van der Waals surface area contributed by atoms with E-state index in [2.05, 4.69) is 10.6 Å². The van der Waals surface area contributed by atoms with Gasteiger partial charge in [-0.1, -0.05) is 26.0 Å². The molecule has 2 atom stereocenters. The Labute approximate surface area is 240 Å². The highest BCUT2D eigenvalue weighted by molar-refractivity contribution is 5.85. The van der Waals surface area contributed by atoms with Crippen molar-refractivity contribution in [1.29, 1.82) is 0 Å². The summed E-state index contributed by atoms with van der Waals surface area (Å²) in [6.07, 6.45) is 0.998. The molecular formula is C30H51N3O7. The molecule has 0 aromatic heterocycles.